The smallest absolute Gasteiger partial charge is 0.254 e. The van der Waals surface area contributed by atoms with Gasteiger partial charge in [0.15, 0.2) is 0 Å². The van der Waals surface area contributed by atoms with Gasteiger partial charge in [0.1, 0.15) is 11.5 Å². The zero-order chi connectivity index (χ0) is 21.4. The van der Waals surface area contributed by atoms with Gasteiger partial charge in [-0.15, -0.1) is 0 Å². The molecule has 3 aromatic rings. The molecule has 2 amide bonds. The number of pyridine rings is 1. The number of benzene rings is 1. The number of nitrogens with zero attached hydrogens (tertiary/aromatic N) is 4. The molecule has 0 atom stereocenters. The van der Waals surface area contributed by atoms with E-state index in [0.717, 1.165) is 47.8 Å². The molecule has 7 nitrogen and oxygen atoms in total. The van der Waals surface area contributed by atoms with Gasteiger partial charge in [0.05, 0.1) is 11.6 Å². The average Bonchev–Trinajstić information content (AvgIpc) is 3.54. The highest BCUT2D eigenvalue weighted by atomic mass is 16.2. The van der Waals surface area contributed by atoms with Crippen LogP contribution in [0.25, 0.3) is 16.6 Å². The minimum Gasteiger partial charge on any atom is -0.346 e. The number of rotatable bonds is 5. The second kappa shape index (κ2) is 7.73. The summed E-state index contributed by atoms with van der Waals surface area (Å²) in [6, 6.07) is 13.0. The summed E-state index contributed by atoms with van der Waals surface area (Å²) in [7, 11) is 0. The van der Waals surface area contributed by atoms with Gasteiger partial charge in [-0.1, -0.05) is 6.08 Å². The maximum atomic E-state index is 12.8. The molecular weight excluding hydrogens is 390 g/mol. The number of aromatic amines is 1. The average molecular weight is 411 g/mol. The maximum Gasteiger partial charge on any atom is 0.254 e. The van der Waals surface area contributed by atoms with Crippen LogP contribution in [0.4, 0.5) is 5.82 Å². The number of aromatic nitrogens is 2. The summed E-state index contributed by atoms with van der Waals surface area (Å²) in [6.07, 6.45) is 7.54. The van der Waals surface area contributed by atoms with E-state index in [1.807, 2.05) is 23.2 Å². The first-order valence-corrected chi connectivity index (χ1v) is 10.4. The Morgan fingerprint density at radius 2 is 2.06 bits per heavy atom. The molecule has 0 saturated heterocycles. The standard InChI is InChI=1S/C24H21N5O2/c25-14-16-1-3-18(4-2-16)24(31)28-11-8-17(9-12-28)21-13-22(29(15-30)19-5-6-19)27-23-20(21)7-10-26-23/h1-4,7-8,10,13,15,19H,5-6,9,11-12H2,(H,26,27). The normalized spacial score (nSPS) is 16.0. The molecule has 1 N–H and O–H groups in total. The van der Waals surface area contributed by atoms with Crippen LogP contribution in [0.3, 0.4) is 0 Å². The van der Waals surface area contributed by atoms with Crippen molar-refractivity contribution in [2.45, 2.75) is 25.3 Å². The first-order chi connectivity index (χ1) is 15.2. The Kier molecular flexibility index (Phi) is 4.75. The molecule has 154 valence electrons. The molecule has 0 radical (unpaired) electrons. The Morgan fingerprint density at radius 1 is 1.26 bits per heavy atom. The summed E-state index contributed by atoms with van der Waals surface area (Å²) < 4.78 is 0. The van der Waals surface area contributed by atoms with E-state index in [1.54, 1.807) is 29.2 Å². The van der Waals surface area contributed by atoms with Gasteiger partial charge < -0.3 is 9.88 Å². The van der Waals surface area contributed by atoms with Crippen molar-refractivity contribution in [3.05, 3.63) is 65.4 Å². The Labute approximate surface area is 179 Å². The van der Waals surface area contributed by atoms with E-state index in [0.29, 0.717) is 30.0 Å². The van der Waals surface area contributed by atoms with E-state index in [-0.39, 0.29) is 11.9 Å². The number of nitrogens with one attached hydrogen (secondary N) is 1. The van der Waals surface area contributed by atoms with Gasteiger partial charge >= 0.3 is 0 Å². The fourth-order valence-electron chi connectivity index (χ4n) is 4.07. The van der Waals surface area contributed by atoms with Crippen molar-refractivity contribution in [1.29, 1.82) is 5.26 Å². The molecule has 1 aliphatic heterocycles. The monoisotopic (exact) mass is 411 g/mol. The lowest BCUT2D eigenvalue weighted by atomic mass is 9.97. The quantitative estimate of drug-likeness (QED) is 0.651. The Morgan fingerprint density at radius 3 is 2.71 bits per heavy atom. The van der Waals surface area contributed by atoms with Gasteiger partial charge in [-0.05, 0) is 66.8 Å². The Hall–Kier alpha value is -3.92. The number of nitriles is 1. The van der Waals surface area contributed by atoms with Crippen LogP contribution in [0, 0.1) is 11.3 Å². The van der Waals surface area contributed by atoms with Gasteiger partial charge in [0, 0.05) is 36.3 Å². The van der Waals surface area contributed by atoms with E-state index >= 15 is 0 Å². The van der Waals surface area contributed by atoms with Gasteiger partial charge in [0.25, 0.3) is 5.91 Å². The van der Waals surface area contributed by atoms with Crippen molar-refractivity contribution >= 4 is 34.7 Å². The van der Waals surface area contributed by atoms with Gasteiger partial charge in [-0.25, -0.2) is 4.98 Å². The number of hydrogen-bond donors (Lipinski definition) is 1. The zero-order valence-corrected chi connectivity index (χ0v) is 16.9. The van der Waals surface area contributed by atoms with Crippen LogP contribution in [0.15, 0.2) is 48.7 Å². The molecular formula is C24H21N5O2. The minimum atomic E-state index is -0.0390. The van der Waals surface area contributed by atoms with Crippen molar-refractivity contribution in [3.63, 3.8) is 0 Å². The zero-order valence-electron chi connectivity index (χ0n) is 16.9. The highest BCUT2D eigenvalue weighted by Gasteiger charge is 2.31. The molecule has 31 heavy (non-hydrogen) atoms. The summed E-state index contributed by atoms with van der Waals surface area (Å²) in [5, 5.41) is 9.95. The summed E-state index contributed by atoms with van der Waals surface area (Å²) >= 11 is 0. The number of amides is 2. The third kappa shape index (κ3) is 3.57. The van der Waals surface area contributed by atoms with E-state index in [4.69, 9.17) is 5.26 Å². The second-order valence-corrected chi connectivity index (χ2v) is 7.93. The predicted molar refractivity (Wildman–Crippen MR) is 117 cm³/mol. The predicted octanol–water partition coefficient (Wildman–Crippen LogP) is 3.49. The third-order valence-corrected chi connectivity index (χ3v) is 5.94. The highest BCUT2D eigenvalue weighted by molar-refractivity contribution is 5.96. The summed E-state index contributed by atoms with van der Waals surface area (Å²) in [5.41, 5.74) is 4.09. The molecule has 5 rings (SSSR count). The van der Waals surface area contributed by atoms with Crippen molar-refractivity contribution < 1.29 is 9.59 Å². The van der Waals surface area contributed by atoms with E-state index < -0.39 is 0 Å². The minimum absolute atomic E-state index is 0.0390. The highest BCUT2D eigenvalue weighted by Crippen LogP contribution is 2.35. The lowest BCUT2D eigenvalue weighted by molar-refractivity contribution is -0.107. The molecule has 1 saturated carbocycles. The fraction of sp³-hybridized carbons (Fsp3) is 0.250. The number of hydrogen-bond acceptors (Lipinski definition) is 4. The van der Waals surface area contributed by atoms with Gasteiger partial charge in [-0.2, -0.15) is 5.26 Å². The summed E-state index contributed by atoms with van der Waals surface area (Å²) in [4.78, 5) is 35.8. The van der Waals surface area contributed by atoms with Crippen LogP contribution < -0.4 is 4.90 Å². The number of carbonyl (C=O) groups is 2. The molecule has 0 spiro atoms. The SMILES string of the molecule is N#Cc1ccc(C(=O)N2CC=C(c3cc(N(C=O)C4CC4)nc4[nH]ccc34)CC2)cc1. The van der Waals surface area contributed by atoms with Gasteiger partial charge in [0.2, 0.25) is 6.41 Å². The molecule has 0 unspecified atom stereocenters. The van der Waals surface area contributed by atoms with Crippen molar-refractivity contribution in [1.82, 2.24) is 14.9 Å². The van der Waals surface area contributed by atoms with Crippen LogP contribution in [-0.4, -0.2) is 46.3 Å². The lowest BCUT2D eigenvalue weighted by Crippen LogP contribution is -2.34. The van der Waals surface area contributed by atoms with Crippen molar-refractivity contribution in [3.8, 4) is 6.07 Å². The Balaban J connectivity index is 1.41. The van der Waals surface area contributed by atoms with E-state index in [1.165, 1.54) is 0 Å². The topological polar surface area (TPSA) is 93.1 Å². The number of H-pyrrole nitrogens is 1. The van der Waals surface area contributed by atoms with Crippen LogP contribution in [0.5, 0.6) is 0 Å². The largest absolute Gasteiger partial charge is 0.346 e. The number of anilines is 1. The molecule has 2 aromatic heterocycles. The second-order valence-electron chi connectivity index (χ2n) is 7.93. The number of fused-ring (bicyclic) bond motifs is 1. The van der Waals surface area contributed by atoms with Crippen LogP contribution in [0.1, 0.15) is 40.7 Å². The van der Waals surface area contributed by atoms with Crippen molar-refractivity contribution in [2.75, 3.05) is 18.0 Å². The fourth-order valence-corrected chi connectivity index (χ4v) is 4.07. The maximum absolute atomic E-state index is 12.8. The van der Waals surface area contributed by atoms with Crippen LogP contribution >= 0.6 is 0 Å². The van der Waals surface area contributed by atoms with E-state index in [2.05, 4.69) is 22.1 Å². The molecule has 1 fully saturated rings. The van der Waals surface area contributed by atoms with Crippen molar-refractivity contribution in [2.24, 2.45) is 0 Å². The molecule has 1 aliphatic carbocycles. The molecule has 3 heterocycles. The lowest BCUT2D eigenvalue weighted by Gasteiger charge is -2.27. The molecule has 7 heteroatoms. The molecule has 2 aliphatic rings. The summed E-state index contributed by atoms with van der Waals surface area (Å²) in [6.45, 7) is 1.12. The molecule has 0 bridgehead atoms. The Bertz CT molecular complexity index is 1230. The number of carbonyl (C=O) groups excluding carboxylic acids is 2. The van der Waals surface area contributed by atoms with E-state index in [9.17, 15) is 9.59 Å². The first kappa shape index (κ1) is 19.1. The summed E-state index contributed by atoms with van der Waals surface area (Å²) in [5.74, 6) is 0.627. The molecule has 1 aromatic carbocycles. The van der Waals surface area contributed by atoms with Crippen LogP contribution in [0.2, 0.25) is 0 Å². The van der Waals surface area contributed by atoms with Crippen LogP contribution in [-0.2, 0) is 4.79 Å². The first-order valence-electron chi connectivity index (χ1n) is 10.4. The third-order valence-electron chi connectivity index (χ3n) is 5.94. The van der Waals surface area contributed by atoms with Gasteiger partial charge in [-0.3, -0.25) is 14.5 Å².